The van der Waals surface area contributed by atoms with E-state index >= 15 is 0 Å². The van der Waals surface area contributed by atoms with Crippen LogP contribution in [0.4, 0.5) is 5.69 Å². The van der Waals surface area contributed by atoms with E-state index in [1.54, 1.807) is 12.3 Å². The molecule has 0 bridgehead atoms. The minimum atomic E-state index is 0.298. The first kappa shape index (κ1) is 11.3. The predicted molar refractivity (Wildman–Crippen MR) is 67.7 cm³/mol. The van der Waals surface area contributed by atoms with Gasteiger partial charge in [0, 0.05) is 23.6 Å². The van der Waals surface area contributed by atoms with Crippen LogP contribution in [0.25, 0.3) is 0 Å². The molecule has 0 aromatic carbocycles. The highest BCUT2D eigenvalue weighted by Gasteiger charge is 2.27. The van der Waals surface area contributed by atoms with Crippen molar-refractivity contribution in [3.63, 3.8) is 0 Å². The van der Waals surface area contributed by atoms with Gasteiger partial charge in [-0.1, -0.05) is 0 Å². The van der Waals surface area contributed by atoms with Crippen molar-refractivity contribution in [3.8, 4) is 6.07 Å². The molecule has 0 N–H and O–H groups in total. The Hall–Kier alpha value is -1.21. The second kappa shape index (κ2) is 4.34. The molecule has 0 amide bonds. The number of aromatic nitrogens is 1. The average molecular weight is 233 g/mol. The quantitative estimate of drug-likeness (QED) is 0.746. The molecular weight excluding hydrogens is 218 g/mol. The molecule has 1 fully saturated rings. The molecule has 0 atom stereocenters. The minimum absolute atomic E-state index is 0.298. The number of pyridine rings is 1. The summed E-state index contributed by atoms with van der Waals surface area (Å²) in [7, 11) is 0. The number of nitrogens with zero attached hydrogens (tertiary/aromatic N) is 3. The highest BCUT2D eigenvalue weighted by atomic mass is 32.2. The van der Waals surface area contributed by atoms with Gasteiger partial charge in [0.25, 0.3) is 0 Å². The molecule has 4 heteroatoms. The normalized spacial score (nSPS) is 19.2. The van der Waals surface area contributed by atoms with Crippen LogP contribution >= 0.6 is 11.8 Å². The first-order valence-electron chi connectivity index (χ1n) is 5.36. The first-order chi connectivity index (χ1) is 7.61. The summed E-state index contributed by atoms with van der Waals surface area (Å²) in [5.74, 6) is 1.15. The number of rotatable bonds is 1. The summed E-state index contributed by atoms with van der Waals surface area (Å²) in [6.45, 7) is 6.62. The highest BCUT2D eigenvalue weighted by Crippen LogP contribution is 2.31. The third kappa shape index (κ3) is 2.48. The molecule has 0 saturated carbocycles. The maximum Gasteiger partial charge on any atom is 0.140 e. The standard InChI is InChI=1S/C12H15N3S/c1-12(2)9-15(5-6-16-12)11-4-3-10(7-13)14-8-11/h3-4,8H,5-6,9H2,1-2H3. The van der Waals surface area contributed by atoms with Gasteiger partial charge in [0.2, 0.25) is 0 Å². The maximum absolute atomic E-state index is 8.69. The Kier molecular flexibility index (Phi) is 3.06. The van der Waals surface area contributed by atoms with E-state index in [1.165, 1.54) is 0 Å². The zero-order valence-corrected chi connectivity index (χ0v) is 10.4. The Bertz CT molecular complexity index is 405. The Labute approximate surface area is 100 Å². The minimum Gasteiger partial charge on any atom is -0.368 e. The average Bonchev–Trinajstić information content (AvgIpc) is 2.28. The largest absolute Gasteiger partial charge is 0.368 e. The van der Waals surface area contributed by atoms with Crippen LogP contribution in [-0.4, -0.2) is 28.6 Å². The molecule has 16 heavy (non-hydrogen) atoms. The lowest BCUT2D eigenvalue weighted by Gasteiger charge is -2.38. The van der Waals surface area contributed by atoms with Crippen LogP contribution in [-0.2, 0) is 0 Å². The summed E-state index contributed by atoms with van der Waals surface area (Å²) in [5, 5.41) is 8.69. The molecule has 1 aromatic rings. The molecule has 1 saturated heterocycles. The fraction of sp³-hybridized carbons (Fsp3) is 0.500. The highest BCUT2D eigenvalue weighted by molar-refractivity contribution is 8.00. The molecule has 0 aliphatic carbocycles. The van der Waals surface area contributed by atoms with Gasteiger partial charge >= 0.3 is 0 Å². The molecule has 0 spiro atoms. The van der Waals surface area contributed by atoms with E-state index in [-0.39, 0.29) is 0 Å². The lowest BCUT2D eigenvalue weighted by atomic mass is 10.1. The summed E-state index contributed by atoms with van der Waals surface area (Å²) in [6, 6.07) is 5.81. The third-order valence-electron chi connectivity index (χ3n) is 2.65. The van der Waals surface area contributed by atoms with Gasteiger partial charge in [0.1, 0.15) is 11.8 Å². The molecule has 2 rings (SSSR count). The molecule has 3 nitrogen and oxygen atoms in total. The predicted octanol–water partition coefficient (Wildman–Crippen LogP) is 2.29. The number of thioether (sulfide) groups is 1. The lowest BCUT2D eigenvalue weighted by molar-refractivity contribution is 0.647. The van der Waals surface area contributed by atoms with Crippen LogP contribution in [0, 0.1) is 11.3 Å². The fourth-order valence-corrected chi connectivity index (χ4v) is 2.99. The van der Waals surface area contributed by atoms with Gasteiger partial charge < -0.3 is 4.90 Å². The van der Waals surface area contributed by atoms with E-state index in [4.69, 9.17) is 5.26 Å². The Morgan fingerprint density at radius 3 is 2.88 bits per heavy atom. The van der Waals surface area contributed by atoms with Gasteiger partial charge in [0.05, 0.1) is 11.9 Å². The Morgan fingerprint density at radius 2 is 2.31 bits per heavy atom. The molecule has 1 aromatic heterocycles. The SMILES string of the molecule is CC1(C)CN(c2ccc(C#N)nc2)CCS1. The van der Waals surface area contributed by atoms with Crippen LogP contribution < -0.4 is 4.90 Å². The van der Waals surface area contributed by atoms with Crippen molar-refractivity contribution in [3.05, 3.63) is 24.0 Å². The van der Waals surface area contributed by atoms with Crippen molar-refractivity contribution in [2.75, 3.05) is 23.7 Å². The van der Waals surface area contributed by atoms with E-state index in [2.05, 4.69) is 23.7 Å². The molecule has 84 valence electrons. The van der Waals surface area contributed by atoms with Crippen LogP contribution in [0.15, 0.2) is 18.3 Å². The molecule has 1 aliphatic heterocycles. The van der Waals surface area contributed by atoms with Crippen LogP contribution in [0.1, 0.15) is 19.5 Å². The van der Waals surface area contributed by atoms with E-state index in [9.17, 15) is 0 Å². The zero-order valence-electron chi connectivity index (χ0n) is 9.60. The molecule has 0 unspecified atom stereocenters. The van der Waals surface area contributed by atoms with Crippen molar-refractivity contribution in [1.82, 2.24) is 4.98 Å². The fourth-order valence-electron chi connectivity index (χ4n) is 1.88. The second-order valence-corrected chi connectivity index (χ2v) is 6.35. The maximum atomic E-state index is 8.69. The molecule has 0 radical (unpaired) electrons. The number of anilines is 1. The summed E-state index contributed by atoms with van der Waals surface area (Å²) in [4.78, 5) is 6.45. The van der Waals surface area contributed by atoms with Gasteiger partial charge in [-0.2, -0.15) is 17.0 Å². The topological polar surface area (TPSA) is 39.9 Å². The lowest BCUT2D eigenvalue weighted by Crippen LogP contribution is -2.43. The van der Waals surface area contributed by atoms with Crippen molar-refractivity contribution >= 4 is 17.4 Å². The second-order valence-electron chi connectivity index (χ2n) is 4.54. The zero-order chi connectivity index (χ0) is 11.6. The monoisotopic (exact) mass is 233 g/mol. The smallest absolute Gasteiger partial charge is 0.140 e. The van der Waals surface area contributed by atoms with Crippen molar-refractivity contribution in [2.24, 2.45) is 0 Å². The molecular formula is C12H15N3S. The number of nitriles is 1. The summed E-state index contributed by atoms with van der Waals surface area (Å²) < 4.78 is 0.298. The van der Waals surface area contributed by atoms with E-state index in [0.717, 1.165) is 24.5 Å². The van der Waals surface area contributed by atoms with Crippen LogP contribution in [0.3, 0.4) is 0 Å². The molecule has 1 aliphatic rings. The van der Waals surface area contributed by atoms with Crippen molar-refractivity contribution in [2.45, 2.75) is 18.6 Å². The summed E-state index contributed by atoms with van der Waals surface area (Å²) in [5.41, 5.74) is 1.60. The summed E-state index contributed by atoms with van der Waals surface area (Å²) >= 11 is 2.01. The van der Waals surface area contributed by atoms with Gasteiger partial charge in [-0.3, -0.25) is 0 Å². The number of hydrogen-bond donors (Lipinski definition) is 0. The summed E-state index contributed by atoms with van der Waals surface area (Å²) in [6.07, 6.45) is 1.80. The van der Waals surface area contributed by atoms with Crippen LogP contribution in [0.5, 0.6) is 0 Å². The van der Waals surface area contributed by atoms with Gasteiger partial charge in [-0.25, -0.2) is 4.98 Å². The van der Waals surface area contributed by atoms with Crippen LogP contribution in [0.2, 0.25) is 0 Å². The van der Waals surface area contributed by atoms with E-state index in [0.29, 0.717) is 10.4 Å². The molecule has 2 heterocycles. The van der Waals surface area contributed by atoms with Crippen molar-refractivity contribution < 1.29 is 0 Å². The van der Waals surface area contributed by atoms with Crippen molar-refractivity contribution in [1.29, 1.82) is 5.26 Å². The Morgan fingerprint density at radius 1 is 1.50 bits per heavy atom. The third-order valence-corrected chi connectivity index (χ3v) is 3.95. The van der Waals surface area contributed by atoms with E-state index in [1.807, 2.05) is 23.9 Å². The Balaban J connectivity index is 2.15. The van der Waals surface area contributed by atoms with Gasteiger partial charge in [0.15, 0.2) is 0 Å². The number of hydrogen-bond acceptors (Lipinski definition) is 4. The first-order valence-corrected chi connectivity index (χ1v) is 6.34. The van der Waals surface area contributed by atoms with Gasteiger partial charge in [-0.15, -0.1) is 0 Å². The van der Waals surface area contributed by atoms with Gasteiger partial charge in [-0.05, 0) is 26.0 Å². The van der Waals surface area contributed by atoms with E-state index < -0.39 is 0 Å².